The molecule has 0 bridgehead atoms. The van der Waals surface area contributed by atoms with Crippen molar-refractivity contribution in [2.24, 2.45) is 5.92 Å². The van der Waals surface area contributed by atoms with Crippen LogP contribution < -0.4 is 0 Å². The third kappa shape index (κ3) is 2.56. The monoisotopic (exact) mass is 280 g/mol. The van der Waals surface area contributed by atoms with E-state index in [-0.39, 0.29) is 12.0 Å². The van der Waals surface area contributed by atoms with Gasteiger partial charge >= 0.3 is 0 Å². The smallest absolute Gasteiger partial charge is 0.266 e. The van der Waals surface area contributed by atoms with E-state index in [1.54, 1.807) is 0 Å². The van der Waals surface area contributed by atoms with Crippen molar-refractivity contribution >= 4 is 10.1 Å². The molecule has 0 unspecified atom stereocenters. The predicted molar refractivity (Wildman–Crippen MR) is 74.2 cm³/mol. The second-order valence-electron chi connectivity index (χ2n) is 5.61. The highest BCUT2D eigenvalue weighted by atomic mass is 32.2. The molecule has 0 amide bonds. The number of rotatable bonds is 1. The lowest BCUT2D eigenvalue weighted by Crippen LogP contribution is -2.21. The molecule has 1 saturated heterocycles. The van der Waals surface area contributed by atoms with Gasteiger partial charge in [0, 0.05) is 5.92 Å². The highest BCUT2D eigenvalue weighted by molar-refractivity contribution is 7.87. The Kier molecular flexibility index (Phi) is 3.63. The van der Waals surface area contributed by atoms with E-state index >= 15 is 0 Å². The molecule has 0 radical (unpaired) electrons. The van der Waals surface area contributed by atoms with Crippen LogP contribution in [-0.2, 0) is 14.3 Å². The maximum Gasteiger partial charge on any atom is 0.275 e. The topological polar surface area (TPSA) is 43.4 Å². The fourth-order valence-electron chi connectivity index (χ4n) is 3.45. The largest absolute Gasteiger partial charge is 0.275 e. The molecule has 2 aliphatic rings. The van der Waals surface area contributed by atoms with Crippen molar-refractivity contribution in [3.63, 3.8) is 0 Å². The molecule has 1 saturated carbocycles. The average Bonchev–Trinajstić information content (AvgIpc) is 2.61. The van der Waals surface area contributed by atoms with Gasteiger partial charge in [-0.05, 0) is 18.4 Å². The Morgan fingerprint density at radius 1 is 0.947 bits per heavy atom. The maximum atomic E-state index is 12.3. The molecular formula is C15H20O3S. The molecule has 2 fully saturated rings. The van der Waals surface area contributed by atoms with Gasteiger partial charge in [-0.1, -0.05) is 56.0 Å². The quantitative estimate of drug-likeness (QED) is 0.740. The van der Waals surface area contributed by atoms with Gasteiger partial charge in [0.25, 0.3) is 10.1 Å². The first-order valence-electron chi connectivity index (χ1n) is 7.15. The molecule has 4 heteroatoms. The summed E-state index contributed by atoms with van der Waals surface area (Å²) in [6.07, 6.45) is 6.35. The van der Waals surface area contributed by atoms with Crippen molar-refractivity contribution in [3.05, 3.63) is 35.9 Å². The summed E-state index contributed by atoms with van der Waals surface area (Å²) in [4.78, 5) is 0. The highest BCUT2D eigenvalue weighted by Gasteiger charge is 2.48. The average molecular weight is 280 g/mol. The number of hydrogen-bond donors (Lipinski definition) is 0. The Morgan fingerprint density at radius 3 is 2.37 bits per heavy atom. The van der Waals surface area contributed by atoms with Gasteiger partial charge in [-0.3, -0.25) is 4.18 Å². The van der Waals surface area contributed by atoms with Crippen LogP contribution in [0.1, 0.15) is 49.3 Å². The van der Waals surface area contributed by atoms with Crippen molar-refractivity contribution in [2.45, 2.75) is 49.9 Å². The number of benzene rings is 1. The van der Waals surface area contributed by atoms with Crippen LogP contribution >= 0.6 is 0 Å². The van der Waals surface area contributed by atoms with Gasteiger partial charge in [-0.25, -0.2) is 0 Å². The van der Waals surface area contributed by atoms with Crippen LogP contribution in [0.4, 0.5) is 0 Å². The maximum absolute atomic E-state index is 12.3. The van der Waals surface area contributed by atoms with E-state index < -0.39 is 15.4 Å². The summed E-state index contributed by atoms with van der Waals surface area (Å²) in [5, 5.41) is -0.461. The van der Waals surface area contributed by atoms with Crippen LogP contribution in [0.25, 0.3) is 0 Å². The molecule has 1 aromatic rings. The lowest BCUT2D eigenvalue weighted by Gasteiger charge is -2.23. The number of hydrogen-bond acceptors (Lipinski definition) is 3. The molecule has 0 aromatic heterocycles. The Hall–Kier alpha value is -0.870. The molecule has 3 nitrogen and oxygen atoms in total. The van der Waals surface area contributed by atoms with Crippen LogP contribution in [0, 0.1) is 5.92 Å². The zero-order valence-corrected chi connectivity index (χ0v) is 11.8. The Labute approximate surface area is 115 Å². The number of fused-ring (bicyclic) bond motifs is 1. The highest BCUT2D eigenvalue weighted by Crippen LogP contribution is 2.46. The lowest BCUT2D eigenvalue weighted by atomic mass is 9.84. The van der Waals surface area contributed by atoms with Crippen LogP contribution in [0.15, 0.2) is 30.3 Å². The Morgan fingerprint density at radius 2 is 1.63 bits per heavy atom. The SMILES string of the molecule is O=S1(=O)O[C@H]2CCCCCC[C@H]2[C@H]1c1ccccc1. The molecule has 1 aliphatic heterocycles. The standard InChI is InChI=1S/C15H20O3S/c16-19(17)15(12-8-4-3-5-9-12)13-10-6-1-2-7-11-14(13)18-19/h3-5,8-9,13-15H,1-2,6-7,10-11H2/t13-,14+,15-/m1/s1. The first kappa shape index (κ1) is 13.1. The fourth-order valence-corrected chi connectivity index (χ4v) is 5.38. The van der Waals surface area contributed by atoms with Crippen LogP contribution in [0.5, 0.6) is 0 Å². The first-order chi connectivity index (χ1) is 9.18. The molecule has 19 heavy (non-hydrogen) atoms. The van der Waals surface area contributed by atoms with Crippen molar-refractivity contribution < 1.29 is 12.6 Å². The van der Waals surface area contributed by atoms with Crippen LogP contribution in [0.3, 0.4) is 0 Å². The summed E-state index contributed by atoms with van der Waals surface area (Å²) in [5.74, 6) is 0.132. The summed E-state index contributed by atoms with van der Waals surface area (Å²) in [5.41, 5.74) is 0.885. The van der Waals surface area contributed by atoms with Gasteiger partial charge in [-0.2, -0.15) is 8.42 Å². The second-order valence-corrected chi connectivity index (χ2v) is 7.30. The fraction of sp³-hybridized carbons (Fsp3) is 0.600. The van der Waals surface area contributed by atoms with E-state index in [9.17, 15) is 8.42 Å². The summed E-state index contributed by atoms with van der Waals surface area (Å²) in [6, 6.07) is 9.54. The summed E-state index contributed by atoms with van der Waals surface area (Å²) < 4.78 is 30.1. The van der Waals surface area contributed by atoms with E-state index in [0.717, 1.165) is 31.2 Å². The lowest BCUT2D eigenvalue weighted by molar-refractivity contribution is 0.152. The Bertz CT molecular complexity index is 524. The van der Waals surface area contributed by atoms with Gasteiger partial charge in [0.1, 0.15) is 5.25 Å². The minimum absolute atomic E-state index is 0.101. The predicted octanol–water partition coefficient (Wildman–Crippen LogP) is 3.43. The summed E-state index contributed by atoms with van der Waals surface area (Å²) in [7, 11) is -3.46. The van der Waals surface area contributed by atoms with Gasteiger partial charge in [0.15, 0.2) is 0 Å². The van der Waals surface area contributed by atoms with E-state index in [4.69, 9.17) is 4.18 Å². The van der Waals surface area contributed by atoms with E-state index in [1.807, 2.05) is 30.3 Å². The van der Waals surface area contributed by atoms with E-state index in [0.29, 0.717) is 0 Å². The minimum atomic E-state index is -3.46. The third-order valence-corrected chi connectivity index (χ3v) is 6.10. The van der Waals surface area contributed by atoms with Crippen molar-refractivity contribution in [1.82, 2.24) is 0 Å². The van der Waals surface area contributed by atoms with Crippen molar-refractivity contribution in [1.29, 1.82) is 0 Å². The molecule has 1 aliphatic carbocycles. The molecular weight excluding hydrogens is 260 g/mol. The van der Waals surface area contributed by atoms with E-state index in [1.165, 1.54) is 12.8 Å². The van der Waals surface area contributed by atoms with Crippen LogP contribution in [0.2, 0.25) is 0 Å². The molecule has 3 rings (SSSR count). The zero-order chi connectivity index (χ0) is 13.3. The van der Waals surface area contributed by atoms with E-state index in [2.05, 4.69) is 0 Å². The zero-order valence-electron chi connectivity index (χ0n) is 11.0. The van der Waals surface area contributed by atoms with Crippen molar-refractivity contribution in [2.75, 3.05) is 0 Å². The molecule has 3 atom stereocenters. The Balaban J connectivity index is 1.96. The second kappa shape index (κ2) is 5.25. The first-order valence-corrected chi connectivity index (χ1v) is 8.63. The van der Waals surface area contributed by atoms with Crippen LogP contribution in [-0.4, -0.2) is 14.5 Å². The summed E-state index contributed by atoms with van der Waals surface area (Å²) in [6.45, 7) is 0. The third-order valence-electron chi connectivity index (χ3n) is 4.34. The van der Waals surface area contributed by atoms with Gasteiger partial charge in [0.05, 0.1) is 6.10 Å². The van der Waals surface area contributed by atoms with Gasteiger partial charge < -0.3 is 0 Å². The van der Waals surface area contributed by atoms with Gasteiger partial charge in [-0.15, -0.1) is 0 Å². The van der Waals surface area contributed by atoms with Gasteiger partial charge in [0.2, 0.25) is 0 Å². The molecule has 0 spiro atoms. The summed E-state index contributed by atoms with van der Waals surface area (Å²) >= 11 is 0. The molecule has 104 valence electrons. The normalized spacial score (nSPS) is 34.2. The molecule has 0 N–H and O–H groups in total. The molecule has 1 aromatic carbocycles. The molecule has 1 heterocycles. The minimum Gasteiger partial charge on any atom is -0.266 e. The van der Waals surface area contributed by atoms with Crippen molar-refractivity contribution in [3.8, 4) is 0 Å².